The van der Waals surface area contributed by atoms with E-state index in [2.05, 4.69) is 6.92 Å². The highest BCUT2D eigenvalue weighted by atomic mass is 14.6. The zero-order chi connectivity index (χ0) is 9.23. The topological polar surface area (TPSA) is 52.0 Å². The highest BCUT2D eigenvalue weighted by Gasteiger charge is 2.09. The van der Waals surface area contributed by atoms with E-state index in [1.165, 1.54) is 38.5 Å². The van der Waals surface area contributed by atoms with Gasteiger partial charge in [-0.15, -0.1) is 0 Å². The molecule has 1 fully saturated rings. The number of hydrogen-bond acceptors (Lipinski definition) is 2. The fourth-order valence-electron chi connectivity index (χ4n) is 1.60. The van der Waals surface area contributed by atoms with E-state index in [9.17, 15) is 0 Å². The molecular formula is C10H24N2. The molecule has 2 nitrogen and oxygen atoms in total. The summed E-state index contributed by atoms with van der Waals surface area (Å²) in [5, 5.41) is 0. The lowest BCUT2D eigenvalue weighted by molar-refractivity contribution is 0.349. The predicted octanol–water partition coefficient (Wildman–Crippen LogP) is 1.88. The largest absolute Gasteiger partial charge is 0.329 e. The van der Waals surface area contributed by atoms with Crippen LogP contribution < -0.4 is 11.5 Å². The third-order valence-corrected chi connectivity index (χ3v) is 2.47. The molecule has 12 heavy (non-hydrogen) atoms. The van der Waals surface area contributed by atoms with Gasteiger partial charge in [-0.05, 0) is 5.92 Å². The van der Waals surface area contributed by atoms with E-state index < -0.39 is 0 Å². The van der Waals surface area contributed by atoms with Crippen LogP contribution in [-0.4, -0.2) is 13.1 Å². The number of nitrogens with two attached hydrogens (primary N) is 2. The molecule has 1 aliphatic carbocycles. The van der Waals surface area contributed by atoms with E-state index in [4.69, 9.17) is 11.5 Å². The van der Waals surface area contributed by atoms with E-state index in [0.717, 1.165) is 5.92 Å². The van der Waals surface area contributed by atoms with Gasteiger partial charge in [0.05, 0.1) is 0 Å². The molecule has 0 aromatic carbocycles. The van der Waals surface area contributed by atoms with Crippen molar-refractivity contribution in [2.45, 2.75) is 45.4 Å². The average molecular weight is 172 g/mol. The van der Waals surface area contributed by atoms with Crippen LogP contribution in [0.2, 0.25) is 0 Å². The van der Waals surface area contributed by atoms with Gasteiger partial charge < -0.3 is 11.5 Å². The smallest absolute Gasteiger partial charge is 0.00461 e. The Morgan fingerprint density at radius 2 is 1.50 bits per heavy atom. The molecule has 0 atom stereocenters. The first kappa shape index (κ1) is 11.9. The third kappa shape index (κ3) is 6.62. The quantitative estimate of drug-likeness (QED) is 0.668. The van der Waals surface area contributed by atoms with Crippen molar-refractivity contribution in [2.75, 3.05) is 13.1 Å². The van der Waals surface area contributed by atoms with Crippen LogP contribution in [0.15, 0.2) is 0 Å². The van der Waals surface area contributed by atoms with Crippen molar-refractivity contribution in [3.63, 3.8) is 0 Å². The molecule has 0 bridgehead atoms. The molecule has 0 amide bonds. The van der Waals surface area contributed by atoms with Gasteiger partial charge in [-0.25, -0.2) is 0 Å². The lowest BCUT2D eigenvalue weighted by Crippen LogP contribution is -2.11. The number of hydrogen-bond donors (Lipinski definition) is 2. The maximum Gasteiger partial charge on any atom is 0.00461 e. The molecule has 4 N–H and O–H groups in total. The molecule has 0 heterocycles. The van der Waals surface area contributed by atoms with Crippen molar-refractivity contribution in [1.29, 1.82) is 0 Å². The molecular weight excluding hydrogens is 148 g/mol. The van der Waals surface area contributed by atoms with E-state index in [1.807, 2.05) is 0 Å². The van der Waals surface area contributed by atoms with Crippen molar-refractivity contribution in [3.05, 3.63) is 0 Å². The molecule has 0 aromatic heterocycles. The molecule has 0 aliphatic heterocycles. The van der Waals surface area contributed by atoms with Crippen molar-refractivity contribution in [1.82, 2.24) is 0 Å². The Morgan fingerprint density at radius 1 is 1.00 bits per heavy atom. The van der Waals surface area contributed by atoms with Crippen LogP contribution in [0.1, 0.15) is 45.4 Å². The molecule has 1 saturated carbocycles. The SMILES string of the molecule is CCC1CCCCC1.NCCN. The van der Waals surface area contributed by atoms with E-state index in [1.54, 1.807) is 0 Å². The van der Waals surface area contributed by atoms with Crippen LogP contribution >= 0.6 is 0 Å². The Labute approximate surface area is 76.7 Å². The summed E-state index contributed by atoms with van der Waals surface area (Å²) < 4.78 is 0. The lowest BCUT2D eigenvalue weighted by atomic mass is 9.88. The van der Waals surface area contributed by atoms with Gasteiger partial charge in [-0.3, -0.25) is 0 Å². The van der Waals surface area contributed by atoms with E-state index >= 15 is 0 Å². The molecule has 1 rings (SSSR count). The highest BCUT2D eigenvalue weighted by Crippen LogP contribution is 2.25. The fourth-order valence-corrected chi connectivity index (χ4v) is 1.60. The summed E-state index contributed by atoms with van der Waals surface area (Å²) >= 11 is 0. The van der Waals surface area contributed by atoms with E-state index in [-0.39, 0.29) is 0 Å². The Morgan fingerprint density at radius 3 is 1.75 bits per heavy atom. The van der Waals surface area contributed by atoms with Crippen LogP contribution in [0.3, 0.4) is 0 Å². The summed E-state index contributed by atoms with van der Waals surface area (Å²) in [6.45, 7) is 3.51. The molecule has 0 unspecified atom stereocenters. The van der Waals surface area contributed by atoms with Gasteiger partial charge in [0.2, 0.25) is 0 Å². The van der Waals surface area contributed by atoms with Crippen LogP contribution in [0, 0.1) is 5.92 Å². The Balaban J connectivity index is 0.000000261. The van der Waals surface area contributed by atoms with Gasteiger partial charge in [-0.2, -0.15) is 0 Å². The minimum Gasteiger partial charge on any atom is -0.329 e. The molecule has 0 spiro atoms. The fraction of sp³-hybridized carbons (Fsp3) is 1.00. The molecule has 1 aliphatic rings. The molecule has 74 valence electrons. The van der Waals surface area contributed by atoms with Crippen molar-refractivity contribution >= 4 is 0 Å². The first-order valence-electron chi connectivity index (χ1n) is 5.25. The maximum absolute atomic E-state index is 4.90. The molecule has 0 aromatic rings. The predicted molar refractivity (Wildman–Crippen MR) is 55.0 cm³/mol. The Bertz CT molecular complexity index is 75.9. The van der Waals surface area contributed by atoms with Crippen molar-refractivity contribution in [3.8, 4) is 0 Å². The van der Waals surface area contributed by atoms with Crippen molar-refractivity contribution < 1.29 is 0 Å². The lowest BCUT2D eigenvalue weighted by Gasteiger charge is -2.18. The monoisotopic (exact) mass is 172 g/mol. The molecule has 2 heteroatoms. The van der Waals surface area contributed by atoms with E-state index in [0.29, 0.717) is 13.1 Å². The molecule has 0 saturated heterocycles. The first-order valence-corrected chi connectivity index (χ1v) is 5.25. The van der Waals surface area contributed by atoms with Gasteiger partial charge >= 0.3 is 0 Å². The van der Waals surface area contributed by atoms with Crippen LogP contribution in [0.4, 0.5) is 0 Å². The zero-order valence-electron chi connectivity index (χ0n) is 8.39. The summed E-state index contributed by atoms with van der Waals surface area (Å²) in [7, 11) is 0. The average Bonchev–Trinajstić information content (AvgIpc) is 2.19. The second kappa shape index (κ2) is 9.01. The summed E-state index contributed by atoms with van der Waals surface area (Å²) in [5.41, 5.74) is 9.81. The van der Waals surface area contributed by atoms with Crippen molar-refractivity contribution in [2.24, 2.45) is 17.4 Å². The van der Waals surface area contributed by atoms with Gasteiger partial charge in [0.25, 0.3) is 0 Å². The molecule has 0 radical (unpaired) electrons. The third-order valence-electron chi connectivity index (χ3n) is 2.47. The normalized spacial score (nSPS) is 18.2. The second-order valence-corrected chi connectivity index (χ2v) is 3.49. The summed E-state index contributed by atoms with van der Waals surface area (Å²) in [5.74, 6) is 1.09. The van der Waals surface area contributed by atoms with Gasteiger partial charge in [0.15, 0.2) is 0 Å². The highest BCUT2D eigenvalue weighted by molar-refractivity contribution is 4.63. The minimum atomic E-state index is 0.597. The minimum absolute atomic E-state index is 0.597. The van der Waals surface area contributed by atoms with Gasteiger partial charge in [0.1, 0.15) is 0 Å². The van der Waals surface area contributed by atoms with Gasteiger partial charge in [-0.1, -0.05) is 45.4 Å². The Kier molecular flexibility index (Phi) is 8.95. The van der Waals surface area contributed by atoms with Crippen LogP contribution in [0.25, 0.3) is 0 Å². The van der Waals surface area contributed by atoms with Gasteiger partial charge in [0, 0.05) is 13.1 Å². The first-order chi connectivity index (χ1) is 5.85. The van der Waals surface area contributed by atoms with Crippen LogP contribution in [0.5, 0.6) is 0 Å². The second-order valence-electron chi connectivity index (χ2n) is 3.49. The Hall–Kier alpha value is -0.0800. The standard InChI is InChI=1S/C8H16.C2H8N2/c1-2-8-6-4-3-5-7-8;3-1-2-4/h8H,2-7H2,1H3;1-4H2. The summed E-state index contributed by atoms with van der Waals surface area (Å²) in [6.07, 6.45) is 8.93. The maximum atomic E-state index is 4.90. The van der Waals surface area contributed by atoms with Crippen LogP contribution in [-0.2, 0) is 0 Å². The summed E-state index contributed by atoms with van der Waals surface area (Å²) in [6, 6.07) is 0. The summed E-state index contributed by atoms with van der Waals surface area (Å²) in [4.78, 5) is 0. The number of rotatable bonds is 2. The zero-order valence-corrected chi connectivity index (χ0v) is 8.39.